The van der Waals surface area contributed by atoms with E-state index in [-0.39, 0.29) is 17.2 Å². The second-order valence-electron chi connectivity index (χ2n) is 8.62. The summed E-state index contributed by atoms with van der Waals surface area (Å²) >= 11 is 0. The number of nitrogens with one attached hydrogen (secondary N) is 1. The smallest absolute Gasteiger partial charge is 0.243 e. The molecule has 0 aromatic heterocycles. The maximum Gasteiger partial charge on any atom is 0.243 e. The number of hydrogen-bond donors (Lipinski definition) is 1. The number of amides is 1. The van der Waals surface area contributed by atoms with E-state index in [9.17, 15) is 4.79 Å². The van der Waals surface area contributed by atoms with E-state index in [4.69, 9.17) is 0 Å². The third-order valence-corrected chi connectivity index (χ3v) is 5.53. The molecular formula is C25H26N2O. The van der Waals surface area contributed by atoms with E-state index < -0.39 is 0 Å². The summed E-state index contributed by atoms with van der Waals surface area (Å²) in [5, 5.41) is 6.50. The van der Waals surface area contributed by atoms with Crippen LogP contribution in [0.3, 0.4) is 0 Å². The van der Waals surface area contributed by atoms with E-state index in [1.165, 1.54) is 16.5 Å². The van der Waals surface area contributed by atoms with Crippen LogP contribution in [-0.2, 0) is 10.2 Å². The van der Waals surface area contributed by atoms with Crippen molar-refractivity contribution in [2.45, 2.75) is 38.5 Å². The minimum atomic E-state index is 0.00128. The highest BCUT2D eigenvalue weighted by atomic mass is 16.2. The van der Waals surface area contributed by atoms with Gasteiger partial charge in [-0.1, -0.05) is 87.5 Å². The second-order valence-corrected chi connectivity index (χ2v) is 8.62. The van der Waals surface area contributed by atoms with E-state index in [2.05, 4.69) is 73.8 Å². The lowest BCUT2D eigenvalue weighted by molar-refractivity contribution is -0.122. The zero-order valence-corrected chi connectivity index (χ0v) is 16.6. The number of carbonyl (C=O) groups is 1. The highest BCUT2D eigenvalue weighted by Gasteiger charge is 2.43. The summed E-state index contributed by atoms with van der Waals surface area (Å²) in [4.78, 5) is 12.4. The lowest BCUT2D eigenvalue weighted by Crippen LogP contribution is -2.20. The van der Waals surface area contributed by atoms with Crippen LogP contribution in [0.2, 0.25) is 0 Å². The first-order valence-corrected chi connectivity index (χ1v) is 9.84. The first-order valence-electron chi connectivity index (χ1n) is 9.84. The van der Waals surface area contributed by atoms with Crippen LogP contribution in [0.1, 0.15) is 49.8 Å². The van der Waals surface area contributed by atoms with E-state index in [0.717, 1.165) is 17.4 Å². The molecule has 28 heavy (non-hydrogen) atoms. The van der Waals surface area contributed by atoms with Gasteiger partial charge in [-0.2, -0.15) is 5.10 Å². The quantitative estimate of drug-likeness (QED) is 0.485. The summed E-state index contributed by atoms with van der Waals surface area (Å²) in [5.74, 6) is 0.327. The van der Waals surface area contributed by atoms with Crippen molar-refractivity contribution in [3.63, 3.8) is 0 Å². The minimum Gasteiger partial charge on any atom is -0.273 e. The summed E-state index contributed by atoms with van der Waals surface area (Å²) in [6.07, 6.45) is 2.63. The molecule has 1 saturated carbocycles. The Hall–Kier alpha value is -2.94. The van der Waals surface area contributed by atoms with E-state index in [0.29, 0.717) is 5.92 Å². The monoisotopic (exact) mass is 370 g/mol. The van der Waals surface area contributed by atoms with E-state index >= 15 is 0 Å². The third kappa shape index (κ3) is 3.84. The van der Waals surface area contributed by atoms with Gasteiger partial charge in [-0.05, 0) is 39.7 Å². The fourth-order valence-corrected chi connectivity index (χ4v) is 3.69. The Bertz CT molecular complexity index is 1020. The van der Waals surface area contributed by atoms with Crippen LogP contribution in [0.4, 0.5) is 0 Å². The van der Waals surface area contributed by atoms with Crippen molar-refractivity contribution < 1.29 is 4.79 Å². The molecule has 0 bridgehead atoms. The van der Waals surface area contributed by atoms with Crippen molar-refractivity contribution in [1.29, 1.82) is 0 Å². The predicted molar refractivity (Wildman–Crippen MR) is 116 cm³/mol. The van der Waals surface area contributed by atoms with Gasteiger partial charge in [0.05, 0.1) is 6.21 Å². The van der Waals surface area contributed by atoms with Gasteiger partial charge in [-0.15, -0.1) is 0 Å². The van der Waals surface area contributed by atoms with Gasteiger partial charge in [0.25, 0.3) is 0 Å². The van der Waals surface area contributed by atoms with Crippen molar-refractivity contribution >= 4 is 22.9 Å². The molecule has 1 N–H and O–H groups in total. The number of rotatable bonds is 4. The Morgan fingerprint density at radius 1 is 1.00 bits per heavy atom. The van der Waals surface area contributed by atoms with Gasteiger partial charge in [0, 0.05) is 11.5 Å². The normalized spacial score (nSPS) is 19.1. The number of nitrogens with zero attached hydrogens (tertiary/aromatic N) is 1. The van der Waals surface area contributed by atoms with Crippen LogP contribution in [-0.4, -0.2) is 12.1 Å². The molecule has 1 aliphatic rings. The highest BCUT2D eigenvalue weighted by molar-refractivity contribution is 6.00. The minimum absolute atomic E-state index is 0.00128. The first-order chi connectivity index (χ1) is 13.4. The molecule has 0 aliphatic heterocycles. The number of fused-ring (bicyclic) bond motifs is 1. The Morgan fingerprint density at radius 2 is 1.71 bits per heavy atom. The summed E-state index contributed by atoms with van der Waals surface area (Å²) < 4.78 is 0. The summed E-state index contributed by atoms with van der Waals surface area (Å²) in [6, 6.07) is 23.0. The van der Waals surface area contributed by atoms with Crippen LogP contribution in [0.25, 0.3) is 10.8 Å². The molecule has 4 rings (SSSR count). The standard InChI is InChI=1S/C25H26N2O/c1-25(2,3)20-13-11-18(12-14-20)22-15-23(22)24(28)27-26-16-19-9-6-8-17-7-4-5-10-21(17)19/h4-14,16,22-23H,15H2,1-3H3,(H,27,28)/b26-16-/t22-,23+/m1/s1. The van der Waals surface area contributed by atoms with Gasteiger partial charge in [-0.3, -0.25) is 4.79 Å². The molecule has 2 atom stereocenters. The van der Waals surface area contributed by atoms with Gasteiger partial charge >= 0.3 is 0 Å². The van der Waals surface area contributed by atoms with E-state index in [1.807, 2.05) is 24.3 Å². The van der Waals surface area contributed by atoms with Gasteiger partial charge in [0.2, 0.25) is 5.91 Å². The predicted octanol–water partition coefficient (Wildman–Crippen LogP) is 5.39. The SMILES string of the molecule is CC(C)(C)c1ccc([C@H]2C[C@@H]2C(=O)N/N=C\c2cccc3ccccc23)cc1. The average molecular weight is 370 g/mol. The first kappa shape index (κ1) is 18.4. The molecule has 142 valence electrons. The molecule has 0 unspecified atom stereocenters. The Morgan fingerprint density at radius 3 is 2.46 bits per heavy atom. The largest absolute Gasteiger partial charge is 0.273 e. The van der Waals surface area contributed by atoms with Crippen LogP contribution >= 0.6 is 0 Å². The summed E-state index contributed by atoms with van der Waals surface area (Å²) in [5.41, 5.74) is 6.43. The molecule has 3 heteroatoms. The number of carbonyl (C=O) groups excluding carboxylic acids is 1. The Labute approximate surface area is 166 Å². The van der Waals surface area contributed by atoms with Crippen molar-refractivity contribution in [3.8, 4) is 0 Å². The molecule has 3 aromatic carbocycles. The van der Waals surface area contributed by atoms with Gasteiger partial charge < -0.3 is 0 Å². The van der Waals surface area contributed by atoms with Crippen LogP contribution < -0.4 is 5.43 Å². The number of hydrazone groups is 1. The average Bonchev–Trinajstić information content (AvgIpc) is 3.48. The number of benzene rings is 3. The van der Waals surface area contributed by atoms with Gasteiger partial charge in [0.15, 0.2) is 0 Å². The maximum atomic E-state index is 12.4. The zero-order valence-electron chi connectivity index (χ0n) is 16.6. The highest BCUT2D eigenvalue weighted by Crippen LogP contribution is 2.47. The molecule has 0 radical (unpaired) electrons. The molecule has 0 spiro atoms. The van der Waals surface area contributed by atoms with Crippen LogP contribution in [0.5, 0.6) is 0 Å². The third-order valence-electron chi connectivity index (χ3n) is 5.53. The molecule has 3 nitrogen and oxygen atoms in total. The van der Waals surface area contributed by atoms with Crippen molar-refractivity contribution in [3.05, 3.63) is 83.4 Å². The molecular weight excluding hydrogens is 344 g/mol. The molecule has 1 amide bonds. The Kier molecular flexibility index (Phi) is 4.76. The van der Waals surface area contributed by atoms with Gasteiger partial charge in [0.1, 0.15) is 0 Å². The lowest BCUT2D eigenvalue weighted by atomic mass is 9.86. The molecule has 1 fully saturated rings. The summed E-state index contributed by atoms with van der Waals surface area (Å²) in [7, 11) is 0. The zero-order chi connectivity index (χ0) is 19.7. The number of hydrogen-bond acceptors (Lipinski definition) is 2. The second kappa shape index (κ2) is 7.23. The lowest BCUT2D eigenvalue weighted by Gasteiger charge is -2.19. The maximum absolute atomic E-state index is 12.4. The van der Waals surface area contributed by atoms with E-state index in [1.54, 1.807) is 6.21 Å². The topological polar surface area (TPSA) is 41.5 Å². The van der Waals surface area contributed by atoms with Gasteiger partial charge in [-0.25, -0.2) is 5.43 Å². The molecule has 3 aromatic rings. The van der Waals surface area contributed by atoms with Crippen molar-refractivity contribution in [1.82, 2.24) is 5.43 Å². The fourth-order valence-electron chi connectivity index (χ4n) is 3.69. The molecule has 0 saturated heterocycles. The molecule has 0 heterocycles. The fraction of sp³-hybridized carbons (Fsp3) is 0.280. The van der Waals surface area contributed by atoms with Crippen LogP contribution in [0.15, 0.2) is 71.8 Å². The van der Waals surface area contributed by atoms with Crippen molar-refractivity contribution in [2.24, 2.45) is 11.0 Å². The Balaban J connectivity index is 1.38. The molecule has 1 aliphatic carbocycles. The van der Waals surface area contributed by atoms with Crippen LogP contribution in [0, 0.1) is 5.92 Å². The summed E-state index contributed by atoms with van der Waals surface area (Å²) in [6.45, 7) is 6.63. The van der Waals surface area contributed by atoms with Crippen molar-refractivity contribution in [2.75, 3.05) is 0 Å².